The molecule has 0 saturated carbocycles. The van der Waals surface area contributed by atoms with Crippen molar-refractivity contribution in [2.24, 2.45) is 4.99 Å². The van der Waals surface area contributed by atoms with Gasteiger partial charge < -0.3 is 15.4 Å². The third-order valence-corrected chi connectivity index (χ3v) is 4.35. The first-order chi connectivity index (χ1) is 10.6. The molecule has 1 fully saturated rings. The van der Waals surface area contributed by atoms with Gasteiger partial charge in [0.05, 0.1) is 12.1 Å². The van der Waals surface area contributed by atoms with Crippen molar-refractivity contribution in [3.05, 3.63) is 33.8 Å². The summed E-state index contributed by atoms with van der Waals surface area (Å²) < 4.78 is 5.62. The molecule has 1 saturated heterocycles. The fourth-order valence-corrected chi connectivity index (χ4v) is 3.13. The van der Waals surface area contributed by atoms with Gasteiger partial charge >= 0.3 is 0 Å². The Morgan fingerprint density at radius 1 is 1.43 bits per heavy atom. The smallest absolute Gasteiger partial charge is 0.191 e. The normalized spacial score (nSPS) is 19.1. The number of aliphatic imine (C=N–C) groups is 1. The molecule has 0 radical (unpaired) electrons. The van der Waals surface area contributed by atoms with E-state index in [9.17, 15) is 0 Å². The second kappa shape index (κ2) is 10.6. The highest BCUT2D eigenvalue weighted by Gasteiger charge is 2.15. The third kappa shape index (κ3) is 6.64. The molecule has 1 heterocycles. The van der Waals surface area contributed by atoms with Crippen LogP contribution in [0.5, 0.6) is 0 Å². The quantitative estimate of drug-likeness (QED) is 0.380. The highest BCUT2D eigenvalue weighted by molar-refractivity contribution is 14.0. The molecule has 0 amide bonds. The van der Waals surface area contributed by atoms with E-state index in [4.69, 9.17) is 27.9 Å². The van der Waals surface area contributed by atoms with Crippen LogP contribution in [0.3, 0.4) is 0 Å². The van der Waals surface area contributed by atoms with Crippen LogP contribution in [0.25, 0.3) is 0 Å². The maximum Gasteiger partial charge on any atom is 0.191 e. The molecule has 2 N–H and O–H groups in total. The van der Waals surface area contributed by atoms with E-state index in [2.05, 4.69) is 15.6 Å². The molecule has 7 heteroatoms. The fourth-order valence-electron chi connectivity index (χ4n) is 2.55. The van der Waals surface area contributed by atoms with Gasteiger partial charge in [0.25, 0.3) is 0 Å². The van der Waals surface area contributed by atoms with Crippen molar-refractivity contribution in [1.82, 2.24) is 10.6 Å². The van der Waals surface area contributed by atoms with Crippen LogP contribution in [0.2, 0.25) is 10.0 Å². The number of benzene rings is 1. The third-order valence-electron chi connectivity index (χ3n) is 3.79. The van der Waals surface area contributed by atoms with Gasteiger partial charge in [0.1, 0.15) is 0 Å². The van der Waals surface area contributed by atoms with E-state index in [1.54, 1.807) is 13.1 Å². The van der Waals surface area contributed by atoms with Crippen LogP contribution in [0, 0.1) is 0 Å². The molecule has 1 aliphatic rings. The summed E-state index contributed by atoms with van der Waals surface area (Å²) in [6, 6.07) is 5.57. The SMILES string of the molecule is CN=C(NCCC1CCCO1)NC(C)c1ccc(Cl)cc1Cl.I. The van der Waals surface area contributed by atoms with Crippen molar-refractivity contribution in [3.63, 3.8) is 0 Å². The standard InChI is InChI=1S/C16H23Cl2N3O.HI/c1-11(14-6-5-12(17)10-15(14)18)21-16(19-2)20-8-7-13-4-3-9-22-13;/h5-6,10-11,13H,3-4,7-9H2,1-2H3,(H2,19,20,21);1H. The van der Waals surface area contributed by atoms with Crippen molar-refractivity contribution in [3.8, 4) is 0 Å². The first-order valence-corrected chi connectivity index (χ1v) is 8.39. The van der Waals surface area contributed by atoms with Crippen LogP contribution >= 0.6 is 47.2 Å². The molecule has 2 unspecified atom stereocenters. The van der Waals surface area contributed by atoms with E-state index in [1.807, 2.05) is 19.1 Å². The average molecular weight is 472 g/mol. The molecule has 1 aromatic rings. The van der Waals surface area contributed by atoms with Crippen LogP contribution in [-0.4, -0.2) is 32.3 Å². The lowest BCUT2D eigenvalue weighted by atomic mass is 10.1. The van der Waals surface area contributed by atoms with Gasteiger partial charge in [-0.15, -0.1) is 24.0 Å². The number of rotatable bonds is 5. The zero-order valence-corrected chi connectivity index (χ0v) is 17.3. The summed E-state index contributed by atoms with van der Waals surface area (Å²) in [7, 11) is 1.76. The Hall–Kier alpha value is -0.240. The predicted molar refractivity (Wildman–Crippen MR) is 108 cm³/mol. The molecular weight excluding hydrogens is 448 g/mol. The number of guanidine groups is 1. The van der Waals surface area contributed by atoms with Gasteiger partial charge in [-0.25, -0.2) is 0 Å². The molecule has 0 aliphatic carbocycles. The van der Waals surface area contributed by atoms with Gasteiger partial charge in [-0.2, -0.15) is 0 Å². The number of hydrogen-bond acceptors (Lipinski definition) is 2. The molecule has 1 aliphatic heterocycles. The lowest BCUT2D eigenvalue weighted by Crippen LogP contribution is -2.39. The van der Waals surface area contributed by atoms with E-state index in [0.29, 0.717) is 16.1 Å². The highest BCUT2D eigenvalue weighted by atomic mass is 127. The van der Waals surface area contributed by atoms with Crippen LogP contribution in [0.15, 0.2) is 23.2 Å². The molecule has 0 aromatic heterocycles. The first kappa shape index (κ1) is 20.8. The summed E-state index contributed by atoms with van der Waals surface area (Å²) in [5.74, 6) is 0.761. The van der Waals surface area contributed by atoms with Crippen molar-refractivity contribution in [2.45, 2.75) is 38.3 Å². The lowest BCUT2D eigenvalue weighted by Gasteiger charge is -2.20. The number of ether oxygens (including phenoxy) is 1. The molecule has 0 bridgehead atoms. The lowest BCUT2D eigenvalue weighted by molar-refractivity contribution is 0.105. The Morgan fingerprint density at radius 3 is 2.83 bits per heavy atom. The van der Waals surface area contributed by atoms with Gasteiger partial charge in [-0.1, -0.05) is 29.3 Å². The average Bonchev–Trinajstić information content (AvgIpc) is 2.99. The summed E-state index contributed by atoms with van der Waals surface area (Å²) in [4.78, 5) is 4.25. The van der Waals surface area contributed by atoms with E-state index in [0.717, 1.165) is 37.5 Å². The first-order valence-electron chi connectivity index (χ1n) is 7.64. The number of hydrogen-bond donors (Lipinski definition) is 2. The largest absolute Gasteiger partial charge is 0.378 e. The van der Waals surface area contributed by atoms with Crippen LogP contribution in [-0.2, 0) is 4.74 Å². The summed E-state index contributed by atoms with van der Waals surface area (Å²) in [6.07, 6.45) is 3.71. The van der Waals surface area contributed by atoms with Crippen LogP contribution < -0.4 is 10.6 Å². The Balaban J connectivity index is 0.00000264. The number of nitrogens with zero attached hydrogens (tertiary/aromatic N) is 1. The predicted octanol–water partition coefficient (Wildman–Crippen LogP) is 4.41. The Morgan fingerprint density at radius 2 is 2.22 bits per heavy atom. The summed E-state index contributed by atoms with van der Waals surface area (Å²) >= 11 is 12.2. The van der Waals surface area contributed by atoms with E-state index >= 15 is 0 Å². The zero-order chi connectivity index (χ0) is 15.9. The zero-order valence-electron chi connectivity index (χ0n) is 13.4. The Labute approximate surface area is 165 Å². The summed E-state index contributed by atoms with van der Waals surface area (Å²) in [6.45, 7) is 3.78. The van der Waals surface area contributed by atoms with Gasteiger partial charge in [-0.3, -0.25) is 4.99 Å². The molecule has 130 valence electrons. The molecule has 0 spiro atoms. The molecule has 1 aromatic carbocycles. The van der Waals surface area contributed by atoms with Gasteiger partial charge in [0.2, 0.25) is 0 Å². The van der Waals surface area contributed by atoms with Crippen molar-refractivity contribution in [1.29, 1.82) is 0 Å². The van der Waals surface area contributed by atoms with E-state index < -0.39 is 0 Å². The second-order valence-electron chi connectivity index (χ2n) is 5.45. The van der Waals surface area contributed by atoms with Gasteiger partial charge in [-0.05, 0) is 43.9 Å². The van der Waals surface area contributed by atoms with Gasteiger partial charge in [0, 0.05) is 30.2 Å². The monoisotopic (exact) mass is 471 g/mol. The molecule has 2 rings (SSSR count). The summed E-state index contributed by atoms with van der Waals surface area (Å²) in [5, 5.41) is 7.95. The summed E-state index contributed by atoms with van der Waals surface area (Å²) in [5.41, 5.74) is 0.994. The molecule has 23 heavy (non-hydrogen) atoms. The minimum Gasteiger partial charge on any atom is -0.378 e. The molecule has 2 atom stereocenters. The van der Waals surface area contributed by atoms with E-state index in [-0.39, 0.29) is 30.0 Å². The Bertz CT molecular complexity index is 522. The van der Waals surface area contributed by atoms with Crippen LogP contribution in [0.4, 0.5) is 0 Å². The highest BCUT2D eigenvalue weighted by Crippen LogP contribution is 2.26. The Kier molecular flexibility index (Phi) is 9.58. The van der Waals surface area contributed by atoms with Crippen LogP contribution in [0.1, 0.15) is 37.8 Å². The van der Waals surface area contributed by atoms with Crippen molar-refractivity contribution >= 4 is 53.1 Å². The minimum absolute atomic E-state index is 0. The molecule has 4 nitrogen and oxygen atoms in total. The molecular formula is C16H24Cl2IN3O. The maximum atomic E-state index is 6.24. The topological polar surface area (TPSA) is 45.7 Å². The van der Waals surface area contributed by atoms with Gasteiger partial charge in [0.15, 0.2) is 5.96 Å². The van der Waals surface area contributed by atoms with Crippen molar-refractivity contribution < 1.29 is 4.74 Å². The number of halogens is 3. The number of nitrogens with one attached hydrogen (secondary N) is 2. The second-order valence-corrected chi connectivity index (χ2v) is 6.30. The van der Waals surface area contributed by atoms with Crippen molar-refractivity contribution in [2.75, 3.05) is 20.2 Å². The maximum absolute atomic E-state index is 6.24. The fraction of sp³-hybridized carbons (Fsp3) is 0.562. The van der Waals surface area contributed by atoms with E-state index in [1.165, 1.54) is 6.42 Å². The minimum atomic E-state index is 0.